The molecule has 0 spiro atoms. The second kappa shape index (κ2) is 12.2. The number of carbonyl (C=O) groups is 2. The summed E-state index contributed by atoms with van der Waals surface area (Å²) < 4.78 is 8.37. The molecule has 0 aliphatic heterocycles. The minimum absolute atomic E-state index is 0.226. The number of aromatic nitrogens is 10. The van der Waals surface area contributed by atoms with Crippen LogP contribution in [0.15, 0.2) is 91.0 Å². The van der Waals surface area contributed by atoms with E-state index in [1.807, 2.05) is 24.3 Å². The minimum Gasteiger partial charge on any atom is -0.481 e. The Kier molecular flexibility index (Phi) is 7.36. The van der Waals surface area contributed by atoms with Crippen molar-refractivity contribution in [3.05, 3.63) is 108 Å². The number of hydrogen-bond acceptors (Lipinski definition) is 13. The van der Waals surface area contributed by atoms with Crippen molar-refractivity contribution in [3.8, 4) is 0 Å². The molecule has 0 amide bonds. The first-order valence-corrected chi connectivity index (χ1v) is 15.5. The van der Waals surface area contributed by atoms with E-state index in [1.165, 1.54) is 4.52 Å². The highest BCUT2D eigenvalue weighted by molar-refractivity contribution is 5.91. The molecule has 4 aromatic heterocycles. The Morgan fingerprint density at radius 2 is 1.26 bits per heavy atom. The number of carboxylic acid groups (broad SMARTS) is 1. The van der Waals surface area contributed by atoms with Gasteiger partial charge in [0, 0.05) is 11.4 Å². The molecule has 0 radical (unpaired) electrons. The van der Waals surface area contributed by atoms with E-state index in [9.17, 15) is 14.7 Å². The molecule has 246 valence electrons. The van der Waals surface area contributed by atoms with E-state index in [4.69, 9.17) is 9.72 Å². The van der Waals surface area contributed by atoms with Crippen molar-refractivity contribution >= 4 is 68.3 Å². The average molecular weight is 667 g/mol. The number of ether oxygens (including phenoxy) is 1. The van der Waals surface area contributed by atoms with Gasteiger partial charge in [-0.25, -0.2) is 14.8 Å². The number of nitrogens with zero attached hydrogens (tertiary/aromatic N) is 10. The predicted molar refractivity (Wildman–Crippen MR) is 182 cm³/mol. The molecule has 0 saturated carbocycles. The Labute approximate surface area is 281 Å². The molecule has 3 N–H and O–H groups in total. The summed E-state index contributed by atoms with van der Waals surface area (Å²) in [4.78, 5) is 34.3. The van der Waals surface area contributed by atoms with Gasteiger partial charge in [-0.05, 0) is 106 Å². The number of aliphatic carboxylic acids is 1. The highest BCUT2D eigenvalue weighted by atomic mass is 16.5. The summed E-state index contributed by atoms with van der Waals surface area (Å²) in [7, 11) is 0. The smallest absolute Gasteiger partial charge is 0.338 e. The molecule has 8 aromatic rings. The summed E-state index contributed by atoms with van der Waals surface area (Å²) in [6, 6.07) is 26.5. The SMILES string of the molecule is CC(C)OC(=O)c1ccc(Nc2nc3ccc(C(C(=O)O)c4ccc(Nc5nc6ccccc6n6nnnc56)cc4)cc3n3nnnc23)cc1. The van der Waals surface area contributed by atoms with Crippen LogP contribution in [-0.2, 0) is 9.53 Å². The van der Waals surface area contributed by atoms with Crippen LogP contribution in [0, 0.1) is 0 Å². The van der Waals surface area contributed by atoms with Gasteiger partial charge in [0.1, 0.15) is 5.92 Å². The average Bonchev–Trinajstić information content (AvgIpc) is 3.81. The Morgan fingerprint density at radius 1 is 0.700 bits per heavy atom. The molecule has 0 saturated heterocycles. The fraction of sp³-hybridized carbons (Fsp3) is 0.118. The zero-order chi connectivity index (χ0) is 34.4. The molecular formula is C34H26N12O4. The summed E-state index contributed by atoms with van der Waals surface area (Å²) in [6.45, 7) is 3.58. The molecule has 1 unspecified atom stereocenters. The van der Waals surface area contributed by atoms with E-state index < -0.39 is 17.9 Å². The lowest BCUT2D eigenvalue weighted by atomic mass is 9.91. The summed E-state index contributed by atoms with van der Waals surface area (Å²) >= 11 is 0. The first-order chi connectivity index (χ1) is 24.3. The van der Waals surface area contributed by atoms with E-state index in [0.717, 1.165) is 5.52 Å². The molecule has 0 bridgehead atoms. The van der Waals surface area contributed by atoms with Crippen LogP contribution in [0.2, 0.25) is 0 Å². The maximum atomic E-state index is 12.7. The lowest BCUT2D eigenvalue weighted by Crippen LogP contribution is -2.13. The molecule has 16 heteroatoms. The van der Waals surface area contributed by atoms with Gasteiger partial charge in [-0.2, -0.15) is 9.03 Å². The number of para-hydroxylation sites is 2. The normalized spacial score (nSPS) is 12.1. The van der Waals surface area contributed by atoms with Crippen LogP contribution in [0.25, 0.3) is 33.4 Å². The lowest BCUT2D eigenvalue weighted by molar-refractivity contribution is -0.137. The molecule has 1 atom stereocenters. The number of rotatable bonds is 9. The van der Waals surface area contributed by atoms with Crippen molar-refractivity contribution in [1.82, 2.24) is 50.0 Å². The van der Waals surface area contributed by atoms with E-state index >= 15 is 0 Å². The number of benzene rings is 4. The molecule has 16 nitrogen and oxygen atoms in total. The number of esters is 1. The number of anilines is 4. The second-order valence-electron chi connectivity index (χ2n) is 11.7. The van der Waals surface area contributed by atoms with Crippen LogP contribution >= 0.6 is 0 Å². The number of carboxylic acids is 1. The number of fused-ring (bicyclic) bond motifs is 6. The van der Waals surface area contributed by atoms with Crippen molar-refractivity contribution in [2.75, 3.05) is 10.6 Å². The fourth-order valence-electron chi connectivity index (χ4n) is 5.71. The van der Waals surface area contributed by atoms with Crippen molar-refractivity contribution in [2.24, 2.45) is 0 Å². The maximum absolute atomic E-state index is 12.7. The van der Waals surface area contributed by atoms with Crippen LogP contribution < -0.4 is 10.6 Å². The molecule has 4 heterocycles. The third-order valence-electron chi connectivity index (χ3n) is 7.98. The zero-order valence-electron chi connectivity index (χ0n) is 26.5. The van der Waals surface area contributed by atoms with Crippen molar-refractivity contribution in [1.29, 1.82) is 0 Å². The Balaban J connectivity index is 1.07. The van der Waals surface area contributed by atoms with E-state index in [-0.39, 0.29) is 6.10 Å². The van der Waals surface area contributed by atoms with Gasteiger partial charge < -0.3 is 20.5 Å². The van der Waals surface area contributed by atoms with Gasteiger partial charge in [0.25, 0.3) is 0 Å². The quantitative estimate of drug-likeness (QED) is 0.175. The lowest BCUT2D eigenvalue weighted by Gasteiger charge is -2.16. The first-order valence-electron chi connectivity index (χ1n) is 15.5. The van der Waals surface area contributed by atoms with Crippen LogP contribution in [0.4, 0.5) is 23.0 Å². The highest BCUT2D eigenvalue weighted by Gasteiger charge is 2.24. The summed E-state index contributed by atoms with van der Waals surface area (Å²) in [6.07, 6.45) is -0.226. The minimum atomic E-state index is -1.03. The molecule has 8 rings (SSSR count). The number of hydrogen-bond donors (Lipinski definition) is 3. The van der Waals surface area contributed by atoms with Crippen molar-refractivity contribution in [3.63, 3.8) is 0 Å². The topological polar surface area (TPSA) is 200 Å². The summed E-state index contributed by atoms with van der Waals surface area (Å²) in [5.41, 5.74) is 6.15. The van der Waals surface area contributed by atoms with Gasteiger partial charge in [0.05, 0.1) is 33.7 Å². The van der Waals surface area contributed by atoms with E-state index in [2.05, 4.69) is 46.7 Å². The largest absolute Gasteiger partial charge is 0.481 e. The number of carbonyl (C=O) groups excluding carboxylic acids is 1. The fourth-order valence-corrected chi connectivity index (χ4v) is 5.71. The van der Waals surface area contributed by atoms with Gasteiger partial charge in [-0.15, -0.1) is 10.2 Å². The Bertz CT molecular complexity index is 2570. The van der Waals surface area contributed by atoms with Crippen molar-refractivity contribution in [2.45, 2.75) is 25.9 Å². The maximum Gasteiger partial charge on any atom is 0.338 e. The third-order valence-corrected chi connectivity index (χ3v) is 7.98. The molecule has 4 aromatic carbocycles. The summed E-state index contributed by atoms with van der Waals surface area (Å²) in [5, 5.41) is 41.0. The molecular weight excluding hydrogens is 640 g/mol. The van der Waals surface area contributed by atoms with E-state index in [0.29, 0.717) is 67.5 Å². The van der Waals surface area contributed by atoms with E-state index in [1.54, 1.807) is 85.1 Å². The third kappa shape index (κ3) is 5.49. The van der Waals surface area contributed by atoms with Gasteiger partial charge in [0.2, 0.25) is 11.3 Å². The van der Waals surface area contributed by atoms with Gasteiger partial charge in [0.15, 0.2) is 11.6 Å². The molecule has 0 fully saturated rings. The molecule has 0 aliphatic carbocycles. The standard InChI is InChI=1S/C34H26N12O4/c1-18(2)50-34(49)20-9-14-23(15-10-20)36-30-32-40-42-44-46(32)27-17-21(11-16-25(27)38-30)28(33(47)48)19-7-12-22(13-8-19)35-29-31-39-41-43-45(31)26-6-4-3-5-24(26)37-29/h3-18,28H,1-2H3,(H,35,37)(H,36,38)(H,47,48). The predicted octanol–water partition coefficient (Wildman–Crippen LogP) is 4.93. The van der Waals surface area contributed by atoms with Gasteiger partial charge >= 0.3 is 11.9 Å². The number of tetrazole rings is 2. The van der Waals surface area contributed by atoms with Gasteiger partial charge in [-0.3, -0.25) is 4.79 Å². The second-order valence-corrected chi connectivity index (χ2v) is 11.7. The Hall–Kier alpha value is -7.10. The highest BCUT2D eigenvalue weighted by Crippen LogP contribution is 2.31. The number of nitrogens with one attached hydrogen (secondary N) is 2. The zero-order valence-corrected chi connectivity index (χ0v) is 26.5. The molecule has 0 aliphatic rings. The molecule has 50 heavy (non-hydrogen) atoms. The van der Waals surface area contributed by atoms with Crippen LogP contribution in [0.5, 0.6) is 0 Å². The Morgan fingerprint density at radius 3 is 1.88 bits per heavy atom. The first kappa shape index (κ1) is 30.2. The van der Waals surface area contributed by atoms with Crippen LogP contribution in [0.3, 0.4) is 0 Å². The van der Waals surface area contributed by atoms with Crippen molar-refractivity contribution < 1.29 is 19.4 Å². The van der Waals surface area contributed by atoms with Gasteiger partial charge in [-0.1, -0.05) is 30.3 Å². The van der Waals surface area contributed by atoms with Crippen LogP contribution in [0.1, 0.15) is 41.3 Å². The monoisotopic (exact) mass is 666 g/mol. The van der Waals surface area contributed by atoms with Crippen LogP contribution in [-0.4, -0.2) is 73.2 Å². The summed E-state index contributed by atoms with van der Waals surface area (Å²) in [5.74, 6) is -1.60.